The van der Waals surface area contributed by atoms with Crippen molar-refractivity contribution in [2.24, 2.45) is 0 Å². The predicted octanol–water partition coefficient (Wildman–Crippen LogP) is 5.46. The lowest BCUT2D eigenvalue weighted by atomic mass is 9.90. The molecule has 0 fully saturated rings. The molecule has 0 unspecified atom stereocenters. The lowest BCUT2D eigenvalue weighted by Crippen LogP contribution is -2.22. The summed E-state index contributed by atoms with van der Waals surface area (Å²) in [6.45, 7) is 0.342. The van der Waals surface area contributed by atoms with Gasteiger partial charge in [-0.3, -0.25) is 4.79 Å². The number of amides is 1. The van der Waals surface area contributed by atoms with Gasteiger partial charge in [-0.05, 0) is 35.2 Å². The molecule has 0 aliphatic carbocycles. The van der Waals surface area contributed by atoms with Crippen LogP contribution in [-0.2, 0) is 11.4 Å². The first-order valence-electron chi connectivity index (χ1n) is 8.57. The Morgan fingerprint density at radius 3 is 2.85 bits per heavy atom. The molecule has 1 N–H and O–H groups in total. The van der Waals surface area contributed by atoms with Crippen molar-refractivity contribution in [2.75, 3.05) is 12.4 Å². The van der Waals surface area contributed by atoms with Crippen LogP contribution in [0.5, 0.6) is 11.5 Å². The molecule has 1 aliphatic rings. The molecule has 0 saturated heterocycles. The van der Waals surface area contributed by atoms with Gasteiger partial charge in [0.2, 0.25) is 5.91 Å². The van der Waals surface area contributed by atoms with E-state index >= 15 is 0 Å². The van der Waals surface area contributed by atoms with Crippen LogP contribution in [0.4, 0.5) is 5.69 Å². The topological polar surface area (TPSA) is 47.6 Å². The van der Waals surface area contributed by atoms with Crippen molar-refractivity contribution in [3.05, 3.63) is 74.9 Å². The van der Waals surface area contributed by atoms with E-state index in [9.17, 15) is 4.79 Å². The zero-order valence-electron chi connectivity index (χ0n) is 14.7. The van der Waals surface area contributed by atoms with Gasteiger partial charge < -0.3 is 14.8 Å². The van der Waals surface area contributed by atoms with Gasteiger partial charge in [0.1, 0.15) is 6.61 Å². The second-order valence-corrected chi connectivity index (χ2v) is 7.65. The number of carbonyl (C=O) groups is 1. The number of halogens is 1. The van der Waals surface area contributed by atoms with Crippen molar-refractivity contribution >= 4 is 34.5 Å². The quantitative estimate of drug-likeness (QED) is 0.619. The zero-order chi connectivity index (χ0) is 18.8. The van der Waals surface area contributed by atoms with Crippen LogP contribution in [0.3, 0.4) is 0 Å². The smallest absolute Gasteiger partial charge is 0.225 e. The molecule has 1 aliphatic heterocycles. The Balaban J connectivity index is 1.64. The molecule has 138 valence electrons. The summed E-state index contributed by atoms with van der Waals surface area (Å²) in [6, 6.07) is 15.4. The highest BCUT2D eigenvalue weighted by Crippen LogP contribution is 2.42. The Hall–Kier alpha value is -2.50. The number of methoxy groups -OCH3 is 1. The average Bonchev–Trinajstić information content (AvgIpc) is 3.15. The van der Waals surface area contributed by atoms with Crippen LogP contribution in [0.1, 0.15) is 28.3 Å². The lowest BCUT2D eigenvalue weighted by molar-refractivity contribution is -0.116. The highest BCUT2D eigenvalue weighted by atomic mass is 35.5. The number of hydrogen-bond donors (Lipinski definition) is 1. The Morgan fingerprint density at radius 1 is 1.19 bits per heavy atom. The third kappa shape index (κ3) is 3.66. The largest absolute Gasteiger partial charge is 0.493 e. The molecule has 0 saturated carbocycles. The molecular weight excluding hydrogens is 382 g/mol. The Bertz CT molecular complexity index is 985. The number of nitrogens with one attached hydrogen (secondary N) is 1. The average molecular weight is 400 g/mol. The number of ether oxygens (including phenoxy) is 2. The van der Waals surface area contributed by atoms with Crippen molar-refractivity contribution in [3.8, 4) is 11.5 Å². The fourth-order valence-corrected chi connectivity index (χ4v) is 4.41. The van der Waals surface area contributed by atoms with Gasteiger partial charge in [-0.1, -0.05) is 35.9 Å². The minimum atomic E-state index is 0.0160. The van der Waals surface area contributed by atoms with Crippen molar-refractivity contribution in [1.29, 1.82) is 0 Å². The van der Waals surface area contributed by atoms with E-state index in [-0.39, 0.29) is 11.8 Å². The monoisotopic (exact) mass is 399 g/mol. The number of carbonyl (C=O) groups excluding carboxylic acids is 1. The number of hydrogen-bond acceptors (Lipinski definition) is 4. The Labute approximate surface area is 166 Å². The van der Waals surface area contributed by atoms with Crippen LogP contribution in [-0.4, -0.2) is 13.0 Å². The summed E-state index contributed by atoms with van der Waals surface area (Å²) in [5.74, 6) is 1.33. The van der Waals surface area contributed by atoms with Crippen molar-refractivity contribution in [1.82, 2.24) is 0 Å². The van der Waals surface area contributed by atoms with E-state index in [4.69, 9.17) is 21.1 Å². The van der Waals surface area contributed by atoms with Gasteiger partial charge in [0.25, 0.3) is 0 Å². The third-order valence-electron chi connectivity index (χ3n) is 4.61. The molecule has 2 heterocycles. The van der Waals surface area contributed by atoms with Gasteiger partial charge in [0.15, 0.2) is 11.5 Å². The lowest BCUT2D eigenvalue weighted by Gasteiger charge is -2.23. The van der Waals surface area contributed by atoms with E-state index in [1.54, 1.807) is 18.4 Å². The first kappa shape index (κ1) is 17.9. The van der Waals surface area contributed by atoms with E-state index in [1.165, 1.54) is 0 Å². The molecule has 1 atom stereocenters. The van der Waals surface area contributed by atoms with Crippen LogP contribution in [0.2, 0.25) is 5.02 Å². The molecule has 0 spiro atoms. The first-order valence-corrected chi connectivity index (χ1v) is 9.83. The standard InChI is InChI=1S/C21H18ClNO3S/c1-25-18-7-6-13(15-11-20(24)23-17-8-9-27-21(15)17)10-19(18)26-12-14-4-2-3-5-16(14)22/h2-10,15H,11-12H2,1H3,(H,23,24)/t15-/m1/s1. The second-order valence-electron chi connectivity index (χ2n) is 6.29. The molecule has 4 rings (SSSR count). The molecule has 27 heavy (non-hydrogen) atoms. The summed E-state index contributed by atoms with van der Waals surface area (Å²) in [7, 11) is 1.61. The third-order valence-corrected chi connectivity index (χ3v) is 6.01. The van der Waals surface area contributed by atoms with E-state index < -0.39 is 0 Å². The molecule has 1 amide bonds. The van der Waals surface area contributed by atoms with Crippen LogP contribution in [0, 0.1) is 0 Å². The maximum Gasteiger partial charge on any atom is 0.225 e. The highest BCUT2D eigenvalue weighted by molar-refractivity contribution is 7.10. The Morgan fingerprint density at radius 2 is 2.04 bits per heavy atom. The molecule has 4 nitrogen and oxygen atoms in total. The van der Waals surface area contributed by atoms with Gasteiger partial charge in [-0.2, -0.15) is 0 Å². The van der Waals surface area contributed by atoms with Gasteiger partial charge >= 0.3 is 0 Å². The molecular formula is C21H18ClNO3S. The van der Waals surface area contributed by atoms with Gasteiger partial charge in [-0.15, -0.1) is 11.3 Å². The fourth-order valence-electron chi connectivity index (χ4n) is 3.24. The highest BCUT2D eigenvalue weighted by Gasteiger charge is 2.28. The number of anilines is 1. The summed E-state index contributed by atoms with van der Waals surface area (Å²) < 4.78 is 11.5. The molecule has 6 heteroatoms. The van der Waals surface area contributed by atoms with Gasteiger partial charge in [-0.25, -0.2) is 0 Å². The van der Waals surface area contributed by atoms with Crippen LogP contribution in [0.25, 0.3) is 0 Å². The maximum absolute atomic E-state index is 12.1. The normalized spacial score (nSPS) is 15.8. The molecule has 1 aromatic heterocycles. The van der Waals surface area contributed by atoms with E-state index in [1.807, 2.05) is 53.9 Å². The number of fused-ring (bicyclic) bond motifs is 1. The van der Waals surface area contributed by atoms with Crippen molar-refractivity contribution in [3.63, 3.8) is 0 Å². The number of thiophene rings is 1. The van der Waals surface area contributed by atoms with Crippen LogP contribution in [0.15, 0.2) is 53.9 Å². The second kappa shape index (κ2) is 7.62. The van der Waals surface area contributed by atoms with E-state index in [0.717, 1.165) is 21.7 Å². The molecule has 0 bridgehead atoms. The van der Waals surface area contributed by atoms with Crippen molar-refractivity contribution in [2.45, 2.75) is 18.9 Å². The van der Waals surface area contributed by atoms with Crippen LogP contribution >= 0.6 is 22.9 Å². The maximum atomic E-state index is 12.1. The van der Waals surface area contributed by atoms with Crippen molar-refractivity contribution < 1.29 is 14.3 Å². The summed E-state index contributed by atoms with van der Waals surface area (Å²) in [6.07, 6.45) is 0.420. The predicted molar refractivity (Wildman–Crippen MR) is 108 cm³/mol. The number of benzene rings is 2. The summed E-state index contributed by atoms with van der Waals surface area (Å²) in [5, 5.41) is 5.60. The van der Waals surface area contributed by atoms with Gasteiger partial charge in [0, 0.05) is 27.8 Å². The molecule has 2 aromatic carbocycles. The minimum absolute atomic E-state index is 0.0160. The SMILES string of the molecule is COc1ccc([C@H]2CC(=O)Nc3ccsc32)cc1OCc1ccccc1Cl. The van der Waals surface area contributed by atoms with E-state index in [0.29, 0.717) is 29.5 Å². The fraction of sp³-hybridized carbons (Fsp3) is 0.190. The summed E-state index contributed by atoms with van der Waals surface area (Å²) in [4.78, 5) is 13.3. The zero-order valence-corrected chi connectivity index (χ0v) is 16.3. The first-order chi connectivity index (χ1) is 13.2. The van der Waals surface area contributed by atoms with Crippen LogP contribution < -0.4 is 14.8 Å². The Kier molecular flexibility index (Phi) is 5.05. The summed E-state index contributed by atoms with van der Waals surface area (Å²) >= 11 is 7.88. The molecule has 3 aromatic rings. The molecule has 0 radical (unpaired) electrons. The van der Waals surface area contributed by atoms with E-state index in [2.05, 4.69) is 5.32 Å². The van der Waals surface area contributed by atoms with Gasteiger partial charge in [0.05, 0.1) is 12.8 Å². The number of rotatable bonds is 5. The minimum Gasteiger partial charge on any atom is -0.493 e. The summed E-state index contributed by atoms with van der Waals surface area (Å²) in [5.41, 5.74) is 2.84.